The lowest BCUT2D eigenvalue weighted by atomic mass is 10.1. The molecule has 0 radical (unpaired) electrons. The maximum atomic E-state index is 12.7. The van der Waals surface area contributed by atoms with Crippen molar-refractivity contribution in [2.75, 3.05) is 18.8 Å². The summed E-state index contributed by atoms with van der Waals surface area (Å²) < 4.78 is 5.30. The van der Waals surface area contributed by atoms with Crippen LogP contribution in [0.1, 0.15) is 40.2 Å². The van der Waals surface area contributed by atoms with Gasteiger partial charge < -0.3 is 15.0 Å². The Hall–Kier alpha value is -1.73. The van der Waals surface area contributed by atoms with Crippen molar-refractivity contribution in [2.24, 2.45) is 0 Å². The maximum Gasteiger partial charge on any atom is 0.328 e. The average molecular weight is 429 g/mol. The van der Waals surface area contributed by atoms with E-state index in [9.17, 15) is 14.4 Å². The molecule has 0 saturated carbocycles. The molecular formula is C20H29ClN2O4S. The Morgan fingerprint density at radius 3 is 2.32 bits per heavy atom. The highest BCUT2D eigenvalue weighted by atomic mass is 35.5. The van der Waals surface area contributed by atoms with Gasteiger partial charge in [0.2, 0.25) is 0 Å². The lowest BCUT2D eigenvalue weighted by molar-refractivity contribution is -0.156. The van der Waals surface area contributed by atoms with Crippen molar-refractivity contribution in [2.45, 2.75) is 52.7 Å². The molecule has 0 aromatic heterocycles. The lowest BCUT2D eigenvalue weighted by Gasteiger charge is -2.26. The van der Waals surface area contributed by atoms with Crippen LogP contribution in [0.15, 0.2) is 24.3 Å². The van der Waals surface area contributed by atoms with Gasteiger partial charge in [0, 0.05) is 30.8 Å². The smallest absolute Gasteiger partial charge is 0.328 e. The van der Waals surface area contributed by atoms with Crippen LogP contribution < -0.4 is 5.32 Å². The average Bonchev–Trinajstić information content (AvgIpc) is 2.57. The Labute approximate surface area is 176 Å². The van der Waals surface area contributed by atoms with Crippen molar-refractivity contribution < 1.29 is 19.1 Å². The van der Waals surface area contributed by atoms with Gasteiger partial charge in [-0.15, -0.1) is 0 Å². The van der Waals surface area contributed by atoms with Crippen LogP contribution in [0, 0.1) is 0 Å². The predicted octanol–water partition coefficient (Wildman–Crippen LogP) is 3.90. The number of ether oxygens (including phenoxy) is 1. The second kappa shape index (κ2) is 11.3. The maximum absolute atomic E-state index is 12.7. The highest BCUT2D eigenvalue weighted by molar-refractivity contribution is 8.13. The summed E-state index contributed by atoms with van der Waals surface area (Å²) in [4.78, 5) is 37.6. The van der Waals surface area contributed by atoms with Crippen LogP contribution in [0.5, 0.6) is 0 Å². The number of urea groups is 1. The van der Waals surface area contributed by atoms with Crippen molar-refractivity contribution in [1.82, 2.24) is 10.2 Å². The lowest BCUT2D eigenvalue weighted by Crippen LogP contribution is -2.49. The summed E-state index contributed by atoms with van der Waals surface area (Å²) >= 11 is 7.07. The zero-order valence-electron chi connectivity index (χ0n) is 17.1. The number of nitrogens with one attached hydrogen (secondary N) is 1. The first-order valence-electron chi connectivity index (χ1n) is 9.14. The third-order valence-corrected chi connectivity index (χ3v) is 4.68. The molecule has 0 spiro atoms. The molecule has 1 aromatic rings. The van der Waals surface area contributed by atoms with Gasteiger partial charge >= 0.3 is 12.0 Å². The van der Waals surface area contributed by atoms with Crippen LogP contribution in [-0.2, 0) is 20.7 Å². The second-order valence-corrected chi connectivity index (χ2v) is 9.12. The predicted molar refractivity (Wildman–Crippen MR) is 114 cm³/mol. The summed E-state index contributed by atoms with van der Waals surface area (Å²) in [5, 5.41) is 3.34. The first kappa shape index (κ1) is 24.3. The van der Waals surface area contributed by atoms with E-state index < -0.39 is 17.6 Å². The van der Waals surface area contributed by atoms with E-state index in [4.69, 9.17) is 16.3 Å². The number of hydrogen-bond acceptors (Lipinski definition) is 5. The highest BCUT2D eigenvalue weighted by Gasteiger charge is 2.24. The molecule has 8 heteroatoms. The van der Waals surface area contributed by atoms with Gasteiger partial charge in [-0.3, -0.25) is 4.79 Å². The summed E-state index contributed by atoms with van der Waals surface area (Å²) in [6, 6.07) is 6.29. The van der Waals surface area contributed by atoms with Gasteiger partial charge in [0.05, 0.1) is 0 Å². The first-order valence-corrected chi connectivity index (χ1v) is 10.5. The number of carbonyl (C=O) groups excluding carboxylic acids is 3. The topological polar surface area (TPSA) is 75.7 Å². The zero-order chi connectivity index (χ0) is 21.3. The zero-order valence-corrected chi connectivity index (χ0v) is 18.7. The largest absolute Gasteiger partial charge is 0.458 e. The summed E-state index contributed by atoms with van der Waals surface area (Å²) in [5.41, 5.74) is 0.421. The number of halogens is 1. The number of benzene rings is 1. The molecule has 2 amide bonds. The third kappa shape index (κ3) is 9.99. The molecule has 1 unspecified atom stereocenters. The summed E-state index contributed by atoms with van der Waals surface area (Å²) in [7, 11) is 0. The van der Waals surface area contributed by atoms with Crippen molar-refractivity contribution in [3.8, 4) is 0 Å². The molecule has 0 heterocycles. The molecule has 0 aliphatic rings. The van der Waals surface area contributed by atoms with Gasteiger partial charge in [-0.1, -0.05) is 35.5 Å². The van der Waals surface area contributed by atoms with E-state index >= 15 is 0 Å². The van der Waals surface area contributed by atoms with Crippen molar-refractivity contribution in [3.05, 3.63) is 34.9 Å². The SMILES string of the molecule is CC(=O)SCCN(CCc1ccc(Cl)cc1)C(=O)NC(C)C(=O)OC(C)(C)C. The van der Waals surface area contributed by atoms with Gasteiger partial charge in [0.1, 0.15) is 11.6 Å². The molecule has 1 N–H and O–H groups in total. The van der Waals surface area contributed by atoms with Gasteiger partial charge in [-0.25, -0.2) is 9.59 Å². The standard InChI is InChI=1S/C20H29ClN2O4S/c1-14(18(25)27-20(3,4)5)22-19(26)23(12-13-28-15(2)24)11-10-16-6-8-17(21)9-7-16/h6-9,14H,10-13H2,1-5H3,(H,22,26). The molecule has 0 aliphatic carbocycles. The quantitative estimate of drug-likeness (QED) is 0.635. The van der Waals surface area contributed by atoms with Crippen LogP contribution in [0.3, 0.4) is 0 Å². The number of carbonyl (C=O) groups is 3. The summed E-state index contributed by atoms with van der Waals surface area (Å²) in [6.45, 7) is 9.25. The van der Waals surface area contributed by atoms with Crippen LogP contribution in [-0.4, -0.2) is 52.5 Å². The van der Waals surface area contributed by atoms with Crippen LogP contribution in [0.25, 0.3) is 0 Å². The molecule has 0 fully saturated rings. The fourth-order valence-electron chi connectivity index (χ4n) is 2.26. The van der Waals surface area contributed by atoms with E-state index in [0.29, 0.717) is 30.3 Å². The van der Waals surface area contributed by atoms with Gasteiger partial charge in [-0.2, -0.15) is 0 Å². The highest BCUT2D eigenvalue weighted by Crippen LogP contribution is 2.12. The van der Waals surface area contributed by atoms with Crippen molar-refractivity contribution in [1.29, 1.82) is 0 Å². The second-order valence-electron chi connectivity index (χ2n) is 7.41. The van der Waals surface area contributed by atoms with E-state index in [2.05, 4.69) is 5.32 Å². The van der Waals surface area contributed by atoms with Gasteiger partial charge in [-0.05, 0) is 51.8 Å². The van der Waals surface area contributed by atoms with Gasteiger partial charge in [0.25, 0.3) is 0 Å². The van der Waals surface area contributed by atoms with E-state index in [1.165, 1.54) is 6.92 Å². The van der Waals surface area contributed by atoms with Gasteiger partial charge in [0.15, 0.2) is 5.12 Å². The van der Waals surface area contributed by atoms with E-state index in [-0.39, 0.29) is 11.1 Å². The molecule has 1 atom stereocenters. The minimum absolute atomic E-state index is 0.000169. The summed E-state index contributed by atoms with van der Waals surface area (Å²) in [5.74, 6) is 0.00102. The number of amides is 2. The van der Waals surface area contributed by atoms with Crippen molar-refractivity contribution in [3.63, 3.8) is 0 Å². The number of nitrogens with zero attached hydrogens (tertiary/aromatic N) is 1. The fraction of sp³-hybridized carbons (Fsp3) is 0.550. The Morgan fingerprint density at radius 1 is 1.18 bits per heavy atom. The Kier molecular flexibility index (Phi) is 9.82. The molecule has 0 saturated heterocycles. The molecule has 0 aliphatic heterocycles. The molecule has 156 valence electrons. The molecular weight excluding hydrogens is 400 g/mol. The molecule has 0 bridgehead atoms. The monoisotopic (exact) mass is 428 g/mol. The Morgan fingerprint density at radius 2 is 1.79 bits per heavy atom. The van der Waals surface area contributed by atoms with Crippen molar-refractivity contribution >= 4 is 40.5 Å². The first-order chi connectivity index (χ1) is 13.0. The number of rotatable bonds is 8. The summed E-state index contributed by atoms with van der Waals surface area (Å²) in [6.07, 6.45) is 0.635. The van der Waals surface area contributed by atoms with E-state index in [0.717, 1.165) is 17.3 Å². The fourth-order valence-corrected chi connectivity index (χ4v) is 2.98. The minimum atomic E-state index is -0.773. The van der Waals surface area contributed by atoms with Crippen LogP contribution in [0.2, 0.25) is 5.02 Å². The van der Waals surface area contributed by atoms with Crippen LogP contribution >= 0.6 is 23.4 Å². The third-order valence-electron chi connectivity index (χ3n) is 3.64. The minimum Gasteiger partial charge on any atom is -0.458 e. The molecule has 1 aromatic carbocycles. The number of esters is 1. The Bertz CT molecular complexity index is 674. The molecule has 28 heavy (non-hydrogen) atoms. The number of thioether (sulfide) groups is 1. The van der Waals surface area contributed by atoms with E-state index in [1.54, 1.807) is 44.7 Å². The molecule has 1 rings (SSSR count). The Balaban J connectivity index is 2.70. The number of hydrogen-bond donors (Lipinski definition) is 1. The normalized spacial score (nSPS) is 12.2. The van der Waals surface area contributed by atoms with Crippen LogP contribution in [0.4, 0.5) is 4.79 Å². The van der Waals surface area contributed by atoms with E-state index in [1.807, 2.05) is 12.1 Å². The molecule has 6 nitrogen and oxygen atoms in total.